The number of aryl methyl sites for hydroxylation is 2. The molecule has 1 aliphatic carbocycles. The number of nitrogens with two attached hydrogens (primary N) is 1. The van der Waals surface area contributed by atoms with Crippen LogP contribution >= 0.6 is 0 Å². The van der Waals surface area contributed by atoms with E-state index in [1.54, 1.807) is 26.4 Å². The number of methoxy groups -OCH3 is 2. The third kappa shape index (κ3) is 4.58. The topological polar surface area (TPSA) is 107 Å². The molecule has 5 rings (SSSR count). The highest BCUT2D eigenvalue weighted by Gasteiger charge is 2.44. The maximum atomic E-state index is 13.0. The lowest BCUT2D eigenvalue weighted by Crippen LogP contribution is -2.21. The van der Waals surface area contributed by atoms with Gasteiger partial charge in [-0.1, -0.05) is 41.5 Å². The second kappa shape index (κ2) is 9.55. The third-order valence-corrected chi connectivity index (χ3v) is 7.03. The van der Waals surface area contributed by atoms with Crippen LogP contribution in [0.2, 0.25) is 0 Å². The predicted octanol–water partition coefficient (Wildman–Crippen LogP) is 5.28. The van der Waals surface area contributed by atoms with Crippen molar-refractivity contribution in [3.8, 4) is 23.3 Å². The Kier molecular flexibility index (Phi) is 6.26. The molecule has 3 aromatic carbocycles. The number of benzene rings is 3. The Morgan fingerprint density at radius 1 is 1.00 bits per heavy atom. The molecule has 3 aromatic rings. The summed E-state index contributed by atoms with van der Waals surface area (Å²) in [6.45, 7) is 4.16. The highest BCUT2D eigenvalue weighted by atomic mass is 16.5. The zero-order valence-corrected chi connectivity index (χ0v) is 21.3. The van der Waals surface area contributed by atoms with E-state index in [1.807, 2.05) is 24.3 Å². The van der Waals surface area contributed by atoms with E-state index in [9.17, 15) is 10.1 Å². The molecule has 1 amide bonds. The van der Waals surface area contributed by atoms with Crippen LogP contribution in [0.4, 0.5) is 5.69 Å². The van der Waals surface area contributed by atoms with E-state index in [2.05, 4.69) is 43.4 Å². The van der Waals surface area contributed by atoms with Gasteiger partial charge in [-0.3, -0.25) is 4.79 Å². The summed E-state index contributed by atoms with van der Waals surface area (Å²) in [4.78, 5) is 13.0. The number of allylic oxidation sites excluding steroid dienone is 1. The Labute approximate surface area is 216 Å². The quantitative estimate of drug-likeness (QED) is 0.482. The second-order valence-electron chi connectivity index (χ2n) is 9.65. The maximum absolute atomic E-state index is 13.0. The number of rotatable bonds is 6. The summed E-state index contributed by atoms with van der Waals surface area (Å²) in [7, 11) is 3.13. The zero-order chi connectivity index (χ0) is 26.3. The van der Waals surface area contributed by atoms with Crippen molar-refractivity contribution in [3.63, 3.8) is 0 Å². The Bertz CT molecular complexity index is 1450. The average Bonchev–Trinajstić information content (AvgIpc) is 3.68. The first-order valence-electron chi connectivity index (χ1n) is 12.2. The van der Waals surface area contributed by atoms with E-state index >= 15 is 0 Å². The van der Waals surface area contributed by atoms with E-state index in [0.29, 0.717) is 28.5 Å². The van der Waals surface area contributed by atoms with Gasteiger partial charge in [-0.2, -0.15) is 5.26 Å². The number of carbonyl (C=O) groups is 1. The molecule has 0 radical (unpaired) electrons. The molecule has 188 valence electrons. The van der Waals surface area contributed by atoms with Gasteiger partial charge in [0.2, 0.25) is 11.8 Å². The molecule has 0 spiro atoms. The van der Waals surface area contributed by atoms with Crippen LogP contribution in [-0.2, 0) is 4.79 Å². The van der Waals surface area contributed by atoms with Crippen molar-refractivity contribution in [1.82, 2.24) is 0 Å². The lowest BCUT2D eigenvalue weighted by molar-refractivity contribution is -0.117. The van der Waals surface area contributed by atoms with Gasteiger partial charge in [0, 0.05) is 23.2 Å². The fourth-order valence-corrected chi connectivity index (χ4v) is 5.22. The molecule has 7 nitrogen and oxygen atoms in total. The molecule has 0 saturated heterocycles. The molecule has 7 heteroatoms. The summed E-state index contributed by atoms with van der Waals surface area (Å²) in [5.41, 5.74) is 12.3. The van der Waals surface area contributed by atoms with Crippen LogP contribution in [0.25, 0.3) is 0 Å². The first kappa shape index (κ1) is 24.3. The molecule has 1 fully saturated rings. The summed E-state index contributed by atoms with van der Waals surface area (Å²) >= 11 is 0. The summed E-state index contributed by atoms with van der Waals surface area (Å²) in [6.07, 6.45) is 0.832. The van der Waals surface area contributed by atoms with Gasteiger partial charge in [0.05, 0.1) is 20.1 Å². The minimum Gasteiger partial charge on any atom is -0.493 e. The van der Waals surface area contributed by atoms with Crippen molar-refractivity contribution in [2.24, 2.45) is 11.7 Å². The number of nitriles is 1. The fraction of sp³-hybridized carbons (Fsp3) is 0.267. The molecule has 1 saturated carbocycles. The lowest BCUT2D eigenvalue weighted by Gasteiger charge is -2.27. The van der Waals surface area contributed by atoms with Gasteiger partial charge in [0.25, 0.3) is 0 Å². The van der Waals surface area contributed by atoms with Gasteiger partial charge >= 0.3 is 0 Å². The minimum absolute atomic E-state index is 0.0161. The van der Waals surface area contributed by atoms with Gasteiger partial charge in [0.15, 0.2) is 11.5 Å². The van der Waals surface area contributed by atoms with Gasteiger partial charge in [-0.25, -0.2) is 0 Å². The number of ether oxygens (including phenoxy) is 3. The Hall–Kier alpha value is -4.44. The molecule has 0 bridgehead atoms. The Morgan fingerprint density at radius 3 is 2.41 bits per heavy atom. The number of amides is 1. The van der Waals surface area contributed by atoms with Crippen LogP contribution in [0.3, 0.4) is 0 Å². The highest BCUT2D eigenvalue weighted by Crippen LogP contribution is 2.49. The lowest BCUT2D eigenvalue weighted by atomic mass is 9.83. The van der Waals surface area contributed by atoms with E-state index in [0.717, 1.165) is 17.5 Å². The highest BCUT2D eigenvalue weighted by molar-refractivity contribution is 5.95. The summed E-state index contributed by atoms with van der Waals surface area (Å²) in [6, 6.07) is 19.6. The van der Waals surface area contributed by atoms with Crippen molar-refractivity contribution in [2.75, 3.05) is 19.5 Å². The number of hydrogen-bond acceptors (Lipinski definition) is 6. The van der Waals surface area contributed by atoms with E-state index in [4.69, 9.17) is 19.9 Å². The molecule has 3 atom stereocenters. The van der Waals surface area contributed by atoms with E-state index in [1.165, 1.54) is 16.7 Å². The van der Waals surface area contributed by atoms with Crippen LogP contribution < -0.4 is 25.3 Å². The van der Waals surface area contributed by atoms with Crippen molar-refractivity contribution in [2.45, 2.75) is 32.1 Å². The minimum atomic E-state index is -0.448. The van der Waals surface area contributed by atoms with E-state index < -0.39 is 5.92 Å². The van der Waals surface area contributed by atoms with Crippen molar-refractivity contribution in [3.05, 3.63) is 93.9 Å². The van der Waals surface area contributed by atoms with Crippen LogP contribution in [0, 0.1) is 31.1 Å². The number of carbonyl (C=O) groups excluding carboxylic acids is 1. The molecule has 2 aliphatic rings. The van der Waals surface area contributed by atoms with Crippen LogP contribution in [0.15, 0.2) is 66.1 Å². The largest absolute Gasteiger partial charge is 0.493 e. The first-order chi connectivity index (χ1) is 17.8. The van der Waals surface area contributed by atoms with E-state index in [-0.39, 0.29) is 23.6 Å². The van der Waals surface area contributed by atoms with Crippen molar-refractivity contribution in [1.29, 1.82) is 5.26 Å². The molecular formula is C30H29N3O4. The fourth-order valence-electron chi connectivity index (χ4n) is 5.22. The summed E-state index contributed by atoms with van der Waals surface area (Å²) < 4.78 is 16.6. The monoisotopic (exact) mass is 495 g/mol. The maximum Gasteiger partial charge on any atom is 0.228 e. The predicted molar refractivity (Wildman–Crippen MR) is 141 cm³/mol. The van der Waals surface area contributed by atoms with Crippen molar-refractivity contribution < 1.29 is 19.0 Å². The van der Waals surface area contributed by atoms with Gasteiger partial charge < -0.3 is 25.3 Å². The second-order valence-corrected chi connectivity index (χ2v) is 9.65. The molecule has 0 aromatic heterocycles. The van der Waals surface area contributed by atoms with Crippen molar-refractivity contribution >= 4 is 11.6 Å². The molecule has 37 heavy (non-hydrogen) atoms. The molecular weight excluding hydrogens is 466 g/mol. The van der Waals surface area contributed by atoms with Gasteiger partial charge in [-0.05, 0) is 55.5 Å². The zero-order valence-electron chi connectivity index (χ0n) is 21.3. The number of fused-ring (bicyclic) bond motifs is 1. The van der Waals surface area contributed by atoms with Gasteiger partial charge in [0.1, 0.15) is 17.4 Å². The van der Waals surface area contributed by atoms with Crippen LogP contribution in [0.1, 0.15) is 46.1 Å². The van der Waals surface area contributed by atoms with Crippen LogP contribution in [0.5, 0.6) is 17.2 Å². The average molecular weight is 496 g/mol. The van der Waals surface area contributed by atoms with Gasteiger partial charge in [-0.15, -0.1) is 0 Å². The SMILES string of the molecule is COc1ccc(C2C(C#N)=C(N)Oc3cc(NC(=O)C4CC4c4cc(C)cc(C)c4)ccc32)cc1OC. The Morgan fingerprint density at radius 2 is 1.73 bits per heavy atom. The summed E-state index contributed by atoms with van der Waals surface area (Å²) in [5, 5.41) is 12.9. The Balaban J connectivity index is 1.40. The number of nitrogens with zero attached hydrogens (tertiary/aromatic N) is 1. The number of anilines is 1. The number of nitrogens with one attached hydrogen (secondary N) is 1. The number of hydrogen-bond donors (Lipinski definition) is 2. The molecule has 3 N–H and O–H groups in total. The third-order valence-electron chi connectivity index (χ3n) is 7.03. The summed E-state index contributed by atoms with van der Waals surface area (Å²) in [5.74, 6) is 1.38. The standard InChI is InChI=1S/C30H29N3O4/c1-16-9-17(2)11-19(10-16)22-14-23(22)30(34)33-20-6-7-21-26(13-20)37-29(32)24(15-31)28(21)18-5-8-25(35-3)27(12-18)36-4/h5-13,22-23,28H,14,32H2,1-4H3,(H,33,34). The normalized spacial score (nSPS) is 19.8. The molecule has 3 unspecified atom stereocenters. The van der Waals surface area contributed by atoms with Crippen LogP contribution in [-0.4, -0.2) is 20.1 Å². The first-order valence-corrected chi connectivity index (χ1v) is 12.2. The smallest absolute Gasteiger partial charge is 0.228 e. The molecule has 1 aliphatic heterocycles. The molecule has 1 heterocycles.